The minimum atomic E-state index is -3.55. The van der Waals surface area contributed by atoms with E-state index < -0.39 is 15.9 Å². The van der Waals surface area contributed by atoms with Gasteiger partial charge in [0.2, 0.25) is 10.0 Å². The Balaban J connectivity index is 1.47. The van der Waals surface area contributed by atoms with Crippen LogP contribution in [0.3, 0.4) is 0 Å². The predicted octanol–water partition coefficient (Wildman–Crippen LogP) is 1.17. The van der Waals surface area contributed by atoms with Crippen LogP contribution in [0.15, 0.2) is 24.5 Å². The summed E-state index contributed by atoms with van der Waals surface area (Å²) in [5.41, 5.74) is 0.632. The number of carbonyl (C=O) groups is 2. The van der Waals surface area contributed by atoms with Crippen LogP contribution in [0.25, 0.3) is 0 Å². The number of carbonyl (C=O) groups excluding carboxylic acids is 2. The summed E-state index contributed by atoms with van der Waals surface area (Å²) in [6.07, 6.45) is 2.99. The van der Waals surface area contributed by atoms with Gasteiger partial charge in [-0.2, -0.15) is 4.31 Å². The van der Waals surface area contributed by atoms with Gasteiger partial charge in [-0.25, -0.2) is 8.42 Å². The Morgan fingerprint density at radius 1 is 1.00 bits per heavy atom. The number of aromatic nitrogens is 2. The minimum absolute atomic E-state index is 0.0298. The van der Waals surface area contributed by atoms with Crippen molar-refractivity contribution in [2.75, 3.05) is 38.5 Å². The molecule has 0 atom stereocenters. The lowest BCUT2D eigenvalue weighted by atomic mass is 10.3. The first-order chi connectivity index (χ1) is 13.3. The molecule has 0 saturated carbocycles. The van der Waals surface area contributed by atoms with Gasteiger partial charge in [0.25, 0.3) is 11.8 Å². The number of piperazine rings is 1. The van der Waals surface area contributed by atoms with E-state index in [9.17, 15) is 18.0 Å². The van der Waals surface area contributed by atoms with Crippen LogP contribution in [-0.2, 0) is 10.0 Å². The summed E-state index contributed by atoms with van der Waals surface area (Å²) in [5, 5.41) is 3.38. The Kier molecular flexibility index (Phi) is 6.33. The minimum Gasteiger partial charge on any atom is -0.356 e. The van der Waals surface area contributed by atoms with Crippen molar-refractivity contribution in [2.24, 2.45) is 0 Å². The molecule has 152 valence electrons. The SMILES string of the molecule is O=C(NCCS(=O)(=O)N1CCN(C(=O)c2cc(Cl)c[nH]2)CC1)c1cc(Cl)c[nH]1. The average Bonchev–Trinajstić information content (AvgIpc) is 3.29. The largest absolute Gasteiger partial charge is 0.356 e. The highest BCUT2D eigenvalue weighted by atomic mass is 35.5. The van der Waals surface area contributed by atoms with E-state index >= 15 is 0 Å². The zero-order valence-corrected chi connectivity index (χ0v) is 17.1. The van der Waals surface area contributed by atoms with Gasteiger partial charge in [-0.15, -0.1) is 0 Å². The summed E-state index contributed by atoms with van der Waals surface area (Å²) in [6.45, 7) is 0.924. The lowest BCUT2D eigenvalue weighted by molar-refractivity contribution is 0.0692. The van der Waals surface area contributed by atoms with Crippen LogP contribution in [0.2, 0.25) is 10.0 Å². The van der Waals surface area contributed by atoms with Crippen LogP contribution in [0.5, 0.6) is 0 Å². The van der Waals surface area contributed by atoms with E-state index in [0.717, 1.165) is 0 Å². The molecular formula is C16H19Cl2N5O4S. The van der Waals surface area contributed by atoms with Crippen molar-refractivity contribution in [1.29, 1.82) is 0 Å². The molecule has 2 amide bonds. The number of aromatic amines is 2. The molecule has 0 aliphatic carbocycles. The highest BCUT2D eigenvalue weighted by Crippen LogP contribution is 2.14. The molecule has 3 heterocycles. The number of nitrogens with zero attached hydrogens (tertiary/aromatic N) is 2. The Labute approximate surface area is 172 Å². The zero-order chi connectivity index (χ0) is 20.3. The van der Waals surface area contributed by atoms with E-state index in [-0.39, 0.29) is 50.1 Å². The fourth-order valence-electron chi connectivity index (χ4n) is 2.85. The Morgan fingerprint density at radius 3 is 2.11 bits per heavy atom. The molecule has 1 saturated heterocycles. The zero-order valence-electron chi connectivity index (χ0n) is 14.7. The van der Waals surface area contributed by atoms with E-state index in [1.54, 1.807) is 4.90 Å². The number of sulfonamides is 1. The van der Waals surface area contributed by atoms with Crippen molar-refractivity contribution in [3.63, 3.8) is 0 Å². The van der Waals surface area contributed by atoms with Crippen molar-refractivity contribution in [3.8, 4) is 0 Å². The van der Waals surface area contributed by atoms with Crippen molar-refractivity contribution >= 4 is 45.0 Å². The molecule has 1 aliphatic rings. The molecule has 1 aliphatic heterocycles. The standard InChI is InChI=1S/C16H19Cl2N5O4S/c17-11-7-13(20-9-11)15(24)19-1-6-28(26,27)23-4-2-22(3-5-23)16(25)14-8-12(18)10-21-14/h7-10,20-21H,1-6H2,(H,19,24). The van der Waals surface area contributed by atoms with Gasteiger partial charge in [0.15, 0.2) is 0 Å². The molecule has 9 nitrogen and oxygen atoms in total. The van der Waals surface area contributed by atoms with E-state index in [2.05, 4.69) is 15.3 Å². The number of rotatable bonds is 6. The van der Waals surface area contributed by atoms with Crippen LogP contribution < -0.4 is 5.32 Å². The second kappa shape index (κ2) is 8.56. The highest BCUT2D eigenvalue weighted by molar-refractivity contribution is 7.89. The molecule has 1 fully saturated rings. The van der Waals surface area contributed by atoms with Gasteiger partial charge >= 0.3 is 0 Å². The van der Waals surface area contributed by atoms with E-state index in [1.807, 2.05) is 0 Å². The first kappa shape index (κ1) is 20.7. The second-order valence-corrected chi connectivity index (χ2v) is 9.19. The number of nitrogens with one attached hydrogen (secondary N) is 3. The molecule has 2 aromatic heterocycles. The van der Waals surface area contributed by atoms with Crippen molar-refractivity contribution in [1.82, 2.24) is 24.5 Å². The number of hydrogen-bond donors (Lipinski definition) is 3. The number of hydrogen-bond acceptors (Lipinski definition) is 4. The summed E-state index contributed by atoms with van der Waals surface area (Å²) in [7, 11) is -3.55. The van der Waals surface area contributed by atoms with Gasteiger partial charge in [-0.05, 0) is 12.1 Å². The van der Waals surface area contributed by atoms with Gasteiger partial charge in [-0.1, -0.05) is 23.2 Å². The maximum atomic E-state index is 12.5. The smallest absolute Gasteiger partial charge is 0.270 e. The van der Waals surface area contributed by atoms with Gasteiger partial charge in [0, 0.05) is 45.1 Å². The molecule has 2 aromatic rings. The van der Waals surface area contributed by atoms with Crippen LogP contribution in [0.1, 0.15) is 21.0 Å². The topological polar surface area (TPSA) is 118 Å². The molecular weight excluding hydrogens is 429 g/mol. The molecule has 3 N–H and O–H groups in total. The van der Waals surface area contributed by atoms with Crippen LogP contribution in [0, 0.1) is 0 Å². The van der Waals surface area contributed by atoms with Gasteiger partial charge in [0.1, 0.15) is 11.4 Å². The van der Waals surface area contributed by atoms with E-state index in [0.29, 0.717) is 15.7 Å². The number of amides is 2. The summed E-state index contributed by atoms with van der Waals surface area (Å²) < 4.78 is 26.3. The Morgan fingerprint density at radius 2 is 1.57 bits per heavy atom. The second-order valence-electron chi connectivity index (χ2n) is 6.23. The molecule has 0 spiro atoms. The summed E-state index contributed by atoms with van der Waals surface area (Å²) in [5.74, 6) is -0.879. The maximum Gasteiger partial charge on any atom is 0.270 e. The third kappa shape index (κ3) is 4.88. The molecule has 28 heavy (non-hydrogen) atoms. The summed E-state index contributed by atoms with van der Waals surface area (Å²) in [6, 6.07) is 2.99. The van der Waals surface area contributed by atoms with Crippen LogP contribution in [0.4, 0.5) is 0 Å². The molecule has 0 unspecified atom stereocenters. The van der Waals surface area contributed by atoms with Crippen molar-refractivity contribution < 1.29 is 18.0 Å². The van der Waals surface area contributed by atoms with Crippen LogP contribution in [-0.4, -0.2) is 77.9 Å². The third-order valence-corrected chi connectivity index (χ3v) is 6.64. The fourth-order valence-corrected chi connectivity index (χ4v) is 4.51. The lowest BCUT2D eigenvalue weighted by Crippen LogP contribution is -2.51. The summed E-state index contributed by atoms with van der Waals surface area (Å²) in [4.78, 5) is 31.3. The lowest BCUT2D eigenvalue weighted by Gasteiger charge is -2.33. The van der Waals surface area contributed by atoms with Gasteiger partial charge in [-0.3, -0.25) is 9.59 Å². The van der Waals surface area contributed by atoms with Crippen LogP contribution >= 0.6 is 23.2 Å². The normalized spacial score (nSPS) is 15.6. The third-order valence-electron chi connectivity index (χ3n) is 4.34. The quantitative estimate of drug-likeness (QED) is 0.615. The van der Waals surface area contributed by atoms with Gasteiger partial charge < -0.3 is 20.2 Å². The molecule has 3 rings (SSSR count). The summed E-state index contributed by atoms with van der Waals surface area (Å²) >= 11 is 11.5. The molecule has 0 bridgehead atoms. The average molecular weight is 448 g/mol. The molecule has 0 aromatic carbocycles. The molecule has 0 radical (unpaired) electrons. The monoisotopic (exact) mass is 447 g/mol. The number of halogens is 2. The van der Waals surface area contributed by atoms with Crippen molar-refractivity contribution in [3.05, 3.63) is 46.0 Å². The fraction of sp³-hybridized carbons (Fsp3) is 0.375. The van der Waals surface area contributed by atoms with Gasteiger partial charge in [0.05, 0.1) is 15.8 Å². The Bertz CT molecular complexity index is 963. The first-order valence-electron chi connectivity index (χ1n) is 8.49. The predicted molar refractivity (Wildman–Crippen MR) is 105 cm³/mol. The van der Waals surface area contributed by atoms with Crippen molar-refractivity contribution in [2.45, 2.75) is 0 Å². The first-order valence-corrected chi connectivity index (χ1v) is 10.9. The Hall–Kier alpha value is -2.01. The number of H-pyrrole nitrogens is 2. The maximum absolute atomic E-state index is 12.5. The van der Waals surface area contributed by atoms with E-state index in [4.69, 9.17) is 23.2 Å². The molecule has 12 heteroatoms. The highest BCUT2D eigenvalue weighted by Gasteiger charge is 2.29. The van der Waals surface area contributed by atoms with E-state index in [1.165, 1.54) is 28.8 Å².